The summed E-state index contributed by atoms with van der Waals surface area (Å²) in [6.07, 6.45) is 0.395. The maximum absolute atomic E-state index is 11.9. The van der Waals surface area contributed by atoms with E-state index in [1.54, 1.807) is 4.90 Å². The van der Waals surface area contributed by atoms with Crippen molar-refractivity contribution >= 4 is 22.6 Å². The topological polar surface area (TPSA) is 46.8 Å². The van der Waals surface area contributed by atoms with E-state index in [4.69, 9.17) is 11.3 Å². The van der Waals surface area contributed by atoms with Gasteiger partial charge in [0.1, 0.15) is 11.3 Å². The average Bonchev–Trinajstić information content (AvgIpc) is 2.68. The number of thiazole rings is 1. The molecule has 0 saturated carbocycles. The summed E-state index contributed by atoms with van der Waals surface area (Å²) >= 11 is 1.36. The van der Waals surface area contributed by atoms with Gasteiger partial charge in [-0.25, -0.2) is 4.79 Å². The molecule has 6 heteroatoms. The molecule has 0 aromatic carbocycles. The fraction of sp³-hybridized carbons (Fsp3) is 0.583. The molecular weight excluding hydrogens is 250 g/mol. The van der Waals surface area contributed by atoms with Crippen molar-refractivity contribution in [2.75, 3.05) is 6.54 Å². The molecule has 0 unspecified atom stereocenters. The SMILES string of the molecule is [C-]#[N+]c1nc2c(s1)CN(C(=O)OC(C)(C)C)CC2. The highest BCUT2D eigenvalue weighted by atomic mass is 32.1. The van der Waals surface area contributed by atoms with Gasteiger partial charge in [0, 0.05) is 13.0 Å². The number of carbonyl (C=O) groups excluding carboxylic acids is 1. The van der Waals surface area contributed by atoms with Crippen molar-refractivity contribution in [2.45, 2.75) is 39.3 Å². The molecule has 0 saturated heterocycles. The van der Waals surface area contributed by atoms with Crippen molar-refractivity contribution in [3.05, 3.63) is 22.0 Å². The van der Waals surface area contributed by atoms with Crippen molar-refractivity contribution in [3.63, 3.8) is 0 Å². The maximum atomic E-state index is 11.9. The van der Waals surface area contributed by atoms with E-state index in [1.165, 1.54) is 11.3 Å². The molecule has 0 N–H and O–H groups in total. The summed E-state index contributed by atoms with van der Waals surface area (Å²) < 4.78 is 5.34. The number of aromatic nitrogens is 1. The van der Waals surface area contributed by atoms with Gasteiger partial charge >= 0.3 is 11.2 Å². The van der Waals surface area contributed by atoms with Gasteiger partial charge in [-0.3, -0.25) is 0 Å². The number of hydrogen-bond acceptors (Lipinski definition) is 4. The van der Waals surface area contributed by atoms with Crippen molar-refractivity contribution in [1.29, 1.82) is 0 Å². The van der Waals surface area contributed by atoms with Crippen LogP contribution in [0.1, 0.15) is 31.3 Å². The molecule has 1 aromatic rings. The summed E-state index contributed by atoms with van der Waals surface area (Å²) in [5, 5.41) is 0.450. The lowest BCUT2D eigenvalue weighted by Gasteiger charge is -2.28. The second-order valence-corrected chi connectivity index (χ2v) is 6.19. The van der Waals surface area contributed by atoms with Crippen molar-refractivity contribution in [2.24, 2.45) is 0 Å². The summed E-state index contributed by atoms with van der Waals surface area (Å²) in [6, 6.07) is 0. The van der Waals surface area contributed by atoms with E-state index in [0.29, 0.717) is 24.6 Å². The monoisotopic (exact) mass is 265 g/mol. The van der Waals surface area contributed by atoms with Crippen LogP contribution in [0.2, 0.25) is 0 Å². The van der Waals surface area contributed by atoms with Gasteiger partial charge in [0.15, 0.2) is 0 Å². The molecule has 2 heterocycles. The third-order valence-corrected chi connectivity index (χ3v) is 3.44. The zero-order valence-electron chi connectivity index (χ0n) is 10.7. The van der Waals surface area contributed by atoms with Crippen LogP contribution < -0.4 is 0 Å². The number of rotatable bonds is 0. The Morgan fingerprint density at radius 1 is 1.56 bits per heavy atom. The molecular formula is C12H15N3O2S. The number of amides is 1. The average molecular weight is 265 g/mol. The van der Waals surface area contributed by atoms with Crippen LogP contribution in [0.25, 0.3) is 4.85 Å². The zero-order chi connectivity index (χ0) is 13.3. The van der Waals surface area contributed by atoms with Gasteiger partial charge in [-0.15, -0.1) is 16.3 Å². The van der Waals surface area contributed by atoms with Crippen molar-refractivity contribution in [3.8, 4) is 0 Å². The minimum Gasteiger partial charge on any atom is -0.444 e. The molecule has 96 valence electrons. The van der Waals surface area contributed by atoms with Crippen LogP contribution in [0.3, 0.4) is 0 Å². The van der Waals surface area contributed by atoms with E-state index in [2.05, 4.69) is 9.83 Å². The minimum atomic E-state index is -0.479. The molecule has 1 aromatic heterocycles. The highest BCUT2D eigenvalue weighted by Crippen LogP contribution is 2.30. The quantitative estimate of drug-likeness (QED) is 0.677. The van der Waals surface area contributed by atoms with E-state index < -0.39 is 5.60 Å². The number of fused-ring (bicyclic) bond motifs is 1. The number of ether oxygens (including phenoxy) is 1. The Bertz CT molecular complexity index is 510. The van der Waals surface area contributed by atoms with Crippen LogP contribution in [-0.2, 0) is 17.7 Å². The second kappa shape index (κ2) is 4.58. The third kappa shape index (κ3) is 2.79. The lowest BCUT2D eigenvalue weighted by Crippen LogP contribution is -2.39. The van der Waals surface area contributed by atoms with Gasteiger partial charge in [0.2, 0.25) is 0 Å². The van der Waals surface area contributed by atoms with Crippen molar-refractivity contribution < 1.29 is 9.53 Å². The molecule has 1 aliphatic heterocycles. The standard InChI is InChI=1S/C12H15N3O2S/c1-12(2,3)17-11(16)15-6-5-8-9(7-15)18-10(13-4)14-8/h5-7H2,1-3H3. The summed E-state index contributed by atoms with van der Waals surface area (Å²) in [4.78, 5) is 22.1. The minimum absolute atomic E-state index is 0.300. The molecule has 0 radical (unpaired) electrons. The number of nitrogens with zero attached hydrogens (tertiary/aromatic N) is 3. The van der Waals surface area contributed by atoms with Crippen LogP contribution >= 0.6 is 11.3 Å². The Morgan fingerprint density at radius 2 is 2.28 bits per heavy atom. The maximum Gasteiger partial charge on any atom is 0.410 e. The van der Waals surface area contributed by atoms with Crippen molar-refractivity contribution in [1.82, 2.24) is 9.88 Å². The first-order valence-electron chi connectivity index (χ1n) is 5.73. The first-order valence-corrected chi connectivity index (χ1v) is 6.54. The molecule has 0 fully saturated rings. The lowest BCUT2D eigenvalue weighted by atomic mass is 10.2. The van der Waals surface area contributed by atoms with Gasteiger partial charge in [0.25, 0.3) is 0 Å². The molecule has 0 atom stereocenters. The fourth-order valence-electron chi connectivity index (χ4n) is 1.71. The first-order chi connectivity index (χ1) is 8.39. The summed E-state index contributed by atoms with van der Waals surface area (Å²) in [6.45, 7) is 13.6. The molecule has 5 nitrogen and oxygen atoms in total. The number of hydrogen-bond donors (Lipinski definition) is 0. The third-order valence-electron chi connectivity index (χ3n) is 2.47. The van der Waals surface area contributed by atoms with Gasteiger partial charge < -0.3 is 14.5 Å². The van der Waals surface area contributed by atoms with Crippen LogP contribution in [0.4, 0.5) is 9.93 Å². The second-order valence-electron chi connectivity index (χ2n) is 5.13. The predicted molar refractivity (Wildman–Crippen MR) is 68.7 cm³/mol. The normalized spacial score (nSPS) is 14.9. The summed E-state index contributed by atoms with van der Waals surface area (Å²) in [5.74, 6) is 0. The largest absolute Gasteiger partial charge is 0.444 e. The summed E-state index contributed by atoms with van der Waals surface area (Å²) in [7, 11) is 0. The Labute approximate surface area is 110 Å². The van der Waals surface area contributed by atoms with Crippen LogP contribution in [-0.4, -0.2) is 28.1 Å². The smallest absolute Gasteiger partial charge is 0.410 e. The molecule has 2 rings (SSSR count). The predicted octanol–water partition coefficient (Wildman–Crippen LogP) is 2.99. The van der Waals surface area contributed by atoms with Crippen LogP contribution in [0.15, 0.2) is 0 Å². The van der Waals surface area contributed by atoms with E-state index in [1.807, 2.05) is 20.8 Å². The first kappa shape index (κ1) is 12.8. The van der Waals surface area contributed by atoms with Gasteiger partial charge in [-0.05, 0) is 20.8 Å². The Balaban J connectivity index is 2.08. The molecule has 0 aliphatic carbocycles. The van der Waals surface area contributed by atoms with E-state index in [0.717, 1.165) is 10.6 Å². The highest BCUT2D eigenvalue weighted by molar-refractivity contribution is 7.15. The van der Waals surface area contributed by atoms with Gasteiger partial charge in [0.05, 0.1) is 11.4 Å². The lowest BCUT2D eigenvalue weighted by molar-refractivity contribution is 0.0226. The van der Waals surface area contributed by atoms with E-state index in [-0.39, 0.29) is 6.09 Å². The van der Waals surface area contributed by atoms with E-state index >= 15 is 0 Å². The van der Waals surface area contributed by atoms with Gasteiger partial charge in [-0.2, -0.15) is 0 Å². The zero-order valence-corrected chi connectivity index (χ0v) is 11.5. The Morgan fingerprint density at radius 3 is 2.89 bits per heavy atom. The highest BCUT2D eigenvalue weighted by Gasteiger charge is 2.29. The molecule has 18 heavy (non-hydrogen) atoms. The van der Waals surface area contributed by atoms with E-state index in [9.17, 15) is 4.79 Å². The Hall–Kier alpha value is -1.61. The van der Waals surface area contributed by atoms with Crippen LogP contribution in [0, 0.1) is 6.57 Å². The van der Waals surface area contributed by atoms with Gasteiger partial charge in [-0.1, -0.05) is 6.57 Å². The van der Waals surface area contributed by atoms with Crippen LogP contribution in [0.5, 0.6) is 0 Å². The molecule has 1 aliphatic rings. The number of carbonyl (C=O) groups is 1. The molecule has 1 amide bonds. The molecule has 0 bridgehead atoms. The molecule has 0 spiro atoms. The summed E-state index contributed by atoms with van der Waals surface area (Å²) in [5.41, 5.74) is 0.470. The fourth-order valence-corrected chi connectivity index (χ4v) is 2.62. The Kier molecular flexibility index (Phi) is 3.26.